The molecule has 0 spiro atoms. The Labute approximate surface area is 107 Å². The third-order valence-corrected chi connectivity index (χ3v) is 3.00. The lowest BCUT2D eigenvalue weighted by Gasteiger charge is -2.15. The maximum Gasteiger partial charge on any atom is 0.123 e. The number of hydrogen-bond acceptors (Lipinski definition) is 2. The average Bonchev–Trinajstić information content (AvgIpc) is 2.37. The van der Waals surface area contributed by atoms with E-state index >= 15 is 0 Å². The van der Waals surface area contributed by atoms with Gasteiger partial charge in [0.1, 0.15) is 5.82 Å². The van der Waals surface area contributed by atoms with Crippen LogP contribution in [-0.4, -0.2) is 0 Å². The molecule has 18 heavy (non-hydrogen) atoms. The van der Waals surface area contributed by atoms with Crippen LogP contribution < -0.4 is 11.1 Å². The van der Waals surface area contributed by atoms with Crippen molar-refractivity contribution >= 4 is 5.69 Å². The average molecular weight is 244 g/mol. The maximum absolute atomic E-state index is 13.1. The molecular weight excluding hydrogens is 227 g/mol. The number of halogens is 1. The van der Waals surface area contributed by atoms with Crippen LogP contribution in [0, 0.1) is 5.82 Å². The predicted molar refractivity (Wildman–Crippen MR) is 72.5 cm³/mol. The van der Waals surface area contributed by atoms with Crippen LogP contribution in [-0.2, 0) is 6.54 Å². The van der Waals surface area contributed by atoms with Crippen LogP contribution >= 0.6 is 0 Å². The number of hydrogen-bond donors (Lipinski definition) is 2. The van der Waals surface area contributed by atoms with Crippen molar-refractivity contribution in [3.63, 3.8) is 0 Å². The van der Waals surface area contributed by atoms with Crippen LogP contribution in [0.5, 0.6) is 0 Å². The Kier molecular flexibility index (Phi) is 3.95. The smallest absolute Gasteiger partial charge is 0.123 e. The van der Waals surface area contributed by atoms with E-state index in [4.69, 9.17) is 5.73 Å². The number of nitrogen functional groups attached to an aromatic ring is 1. The lowest BCUT2D eigenvalue weighted by Crippen LogP contribution is -2.18. The second kappa shape index (κ2) is 5.65. The van der Waals surface area contributed by atoms with Crippen molar-refractivity contribution in [2.24, 2.45) is 0 Å². The standard InChI is InChI=1S/C15H17FN2/c1-11(12-6-4-7-14(16)9-12)18-10-13-5-2-3-8-15(13)17/h2-9,11,18H,10,17H2,1H3/t11-/m1/s1. The second-order valence-electron chi connectivity index (χ2n) is 4.36. The van der Waals surface area contributed by atoms with E-state index in [1.165, 1.54) is 6.07 Å². The number of benzene rings is 2. The van der Waals surface area contributed by atoms with Crippen LogP contribution in [0.25, 0.3) is 0 Å². The number of rotatable bonds is 4. The van der Waals surface area contributed by atoms with Gasteiger partial charge in [0.05, 0.1) is 0 Å². The fourth-order valence-corrected chi connectivity index (χ4v) is 1.85. The zero-order valence-corrected chi connectivity index (χ0v) is 10.4. The summed E-state index contributed by atoms with van der Waals surface area (Å²) in [7, 11) is 0. The fraction of sp³-hybridized carbons (Fsp3) is 0.200. The molecule has 0 amide bonds. The summed E-state index contributed by atoms with van der Waals surface area (Å²) >= 11 is 0. The van der Waals surface area contributed by atoms with Crippen molar-refractivity contribution in [3.8, 4) is 0 Å². The van der Waals surface area contributed by atoms with Gasteiger partial charge in [0.2, 0.25) is 0 Å². The summed E-state index contributed by atoms with van der Waals surface area (Å²) in [5.41, 5.74) is 8.64. The Bertz CT molecular complexity index is 525. The molecule has 0 aromatic heterocycles. The van der Waals surface area contributed by atoms with E-state index in [1.54, 1.807) is 12.1 Å². The molecule has 0 aliphatic rings. The molecule has 2 aromatic carbocycles. The molecule has 94 valence electrons. The molecule has 0 fully saturated rings. The van der Waals surface area contributed by atoms with Crippen molar-refractivity contribution in [1.82, 2.24) is 5.32 Å². The van der Waals surface area contributed by atoms with Gasteiger partial charge in [-0.05, 0) is 36.2 Å². The molecule has 3 heteroatoms. The van der Waals surface area contributed by atoms with Gasteiger partial charge in [-0.15, -0.1) is 0 Å². The molecule has 1 atom stereocenters. The van der Waals surface area contributed by atoms with Crippen LogP contribution in [0.1, 0.15) is 24.1 Å². The van der Waals surface area contributed by atoms with E-state index in [1.807, 2.05) is 37.3 Å². The minimum absolute atomic E-state index is 0.0836. The highest BCUT2D eigenvalue weighted by atomic mass is 19.1. The maximum atomic E-state index is 13.1. The third kappa shape index (κ3) is 3.08. The van der Waals surface area contributed by atoms with Crippen LogP contribution in [0.4, 0.5) is 10.1 Å². The van der Waals surface area contributed by atoms with Gasteiger partial charge >= 0.3 is 0 Å². The molecule has 0 unspecified atom stereocenters. The summed E-state index contributed by atoms with van der Waals surface area (Å²) in [5, 5.41) is 3.34. The highest BCUT2D eigenvalue weighted by Gasteiger charge is 2.06. The Morgan fingerprint density at radius 3 is 2.67 bits per heavy atom. The number of anilines is 1. The van der Waals surface area contributed by atoms with Crippen LogP contribution in [0.15, 0.2) is 48.5 Å². The van der Waals surface area contributed by atoms with Gasteiger partial charge in [-0.1, -0.05) is 30.3 Å². The predicted octanol–water partition coefficient (Wildman–Crippen LogP) is 3.26. The molecule has 0 aliphatic heterocycles. The molecule has 0 saturated heterocycles. The zero-order valence-electron chi connectivity index (χ0n) is 10.4. The molecule has 0 saturated carbocycles. The highest BCUT2D eigenvalue weighted by Crippen LogP contribution is 2.16. The quantitative estimate of drug-likeness (QED) is 0.810. The van der Waals surface area contributed by atoms with Crippen molar-refractivity contribution in [2.75, 3.05) is 5.73 Å². The molecule has 3 N–H and O–H groups in total. The summed E-state index contributed by atoms with van der Waals surface area (Å²) in [6, 6.07) is 14.5. The zero-order chi connectivity index (χ0) is 13.0. The third-order valence-electron chi connectivity index (χ3n) is 3.00. The van der Waals surface area contributed by atoms with Gasteiger partial charge in [0.15, 0.2) is 0 Å². The number of para-hydroxylation sites is 1. The van der Waals surface area contributed by atoms with E-state index in [0.29, 0.717) is 6.54 Å². The molecule has 2 nitrogen and oxygen atoms in total. The summed E-state index contributed by atoms with van der Waals surface area (Å²) < 4.78 is 13.1. The van der Waals surface area contributed by atoms with Gasteiger partial charge < -0.3 is 11.1 Å². The molecule has 0 aliphatic carbocycles. The number of nitrogens with two attached hydrogens (primary N) is 1. The molecular formula is C15H17FN2. The molecule has 0 radical (unpaired) electrons. The Balaban J connectivity index is 2.00. The van der Waals surface area contributed by atoms with E-state index in [2.05, 4.69) is 5.32 Å². The Morgan fingerprint density at radius 2 is 1.94 bits per heavy atom. The molecule has 0 bridgehead atoms. The van der Waals surface area contributed by atoms with Crippen molar-refractivity contribution in [1.29, 1.82) is 0 Å². The lowest BCUT2D eigenvalue weighted by molar-refractivity contribution is 0.565. The van der Waals surface area contributed by atoms with Gasteiger partial charge in [0, 0.05) is 18.3 Å². The summed E-state index contributed by atoms with van der Waals surface area (Å²) in [6.45, 7) is 2.68. The summed E-state index contributed by atoms with van der Waals surface area (Å²) in [5.74, 6) is -0.208. The fourth-order valence-electron chi connectivity index (χ4n) is 1.85. The first kappa shape index (κ1) is 12.6. The summed E-state index contributed by atoms with van der Waals surface area (Å²) in [6.07, 6.45) is 0. The normalized spacial score (nSPS) is 12.3. The van der Waals surface area contributed by atoms with Crippen LogP contribution in [0.2, 0.25) is 0 Å². The van der Waals surface area contributed by atoms with Crippen molar-refractivity contribution in [3.05, 3.63) is 65.5 Å². The Hall–Kier alpha value is -1.87. The van der Waals surface area contributed by atoms with E-state index in [-0.39, 0.29) is 11.9 Å². The highest BCUT2D eigenvalue weighted by molar-refractivity contribution is 5.46. The molecule has 0 heterocycles. The van der Waals surface area contributed by atoms with Crippen molar-refractivity contribution in [2.45, 2.75) is 19.5 Å². The summed E-state index contributed by atoms with van der Waals surface area (Å²) in [4.78, 5) is 0. The minimum atomic E-state index is -0.208. The van der Waals surface area contributed by atoms with E-state index in [9.17, 15) is 4.39 Å². The van der Waals surface area contributed by atoms with E-state index < -0.39 is 0 Å². The minimum Gasteiger partial charge on any atom is -0.398 e. The van der Waals surface area contributed by atoms with Gasteiger partial charge in [-0.2, -0.15) is 0 Å². The first-order valence-electron chi connectivity index (χ1n) is 5.99. The van der Waals surface area contributed by atoms with Crippen LogP contribution in [0.3, 0.4) is 0 Å². The number of nitrogens with one attached hydrogen (secondary N) is 1. The first-order chi connectivity index (χ1) is 8.66. The SMILES string of the molecule is C[C@@H](NCc1ccccc1N)c1cccc(F)c1. The van der Waals surface area contributed by atoms with E-state index in [0.717, 1.165) is 16.8 Å². The topological polar surface area (TPSA) is 38.0 Å². The van der Waals surface area contributed by atoms with Gasteiger partial charge in [-0.25, -0.2) is 4.39 Å². The first-order valence-corrected chi connectivity index (χ1v) is 5.99. The molecule has 2 aromatic rings. The van der Waals surface area contributed by atoms with Gasteiger partial charge in [-0.3, -0.25) is 0 Å². The second-order valence-corrected chi connectivity index (χ2v) is 4.36. The largest absolute Gasteiger partial charge is 0.398 e. The Morgan fingerprint density at radius 1 is 1.17 bits per heavy atom. The van der Waals surface area contributed by atoms with Crippen molar-refractivity contribution < 1.29 is 4.39 Å². The van der Waals surface area contributed by atoms with Gasteiger partial charge in [0.25, 0.3) is 0 Å². The monoisotopic (exact) mass is 244 g/mol. The molecule has 2 rings (SSSR count). The lowest BCUT2D eigenvalue weighted by atomic mass is 10.1.